The summed E-state index contributed by atoms with van der Waals surface area (Å²) < 4.78 is 67.2. The van der Waals surface area contributed by atoms with Crippen molar-refractivity contribution >= 4 is 60.3 Å². The van der Waals surface area contributed by atoms with Crippen molar-refractivity contribution in [2.75, 3.05) is 10.0 Å². The summed E-state index contributed by atoms with van der Waals surface area (Å²) >= 11 is 7.06. The minimum Gasteiger partial charge on any atom is -0.321 e. The van der Waals surface area contributed by atoms with E-state index in [1.54, 1.807) is 19.1 Å². The van der Waals surface area contributed by atoms with E-state index < -0.39 is 27.7 Å². The average molecular weight is 525 g/mol. The molecule has 0 fully saturated rings. The van der Waals surface area contributed by atoms with Gasteiger partial charge >= 0.3 is 6.18 Å². The second-order valence-electron chi connectivity index (χ2n) is 7.33. The molecule has 4 rings (SSSR count). The molecule has 0 aliphatic rings. The molecular formula is C23H16ClF3N2O3S2. The predicted molar refractivity (Wildman–Crippen MR) is 128 cm³/mol. The number of rotatable bonds is 5. The van der Waals surface area contributed by atoms with Gasteiger partial charge in [0.05, 0.1) is 15.5 Å². The van der Waals surface area contributed by atoms with Gasteiger partial charge in [0.25, 0.3) is 15.9 Å². The van der Waals surface area contributed by atoms with Crippen molar-refractivity contribution in [3.05, 3.63) is 87.8 Å². The fourth-order valence-corrected chi connectivity index (χ4v) is 5.96. The van der Waals surface area contributed by atoms with Gasteiger partial charge in [-0.15, -0.1) is 11.3 Å². The normalized spacial score (nSPS) is 12.0. The number of benzene rings is 3. The third kappa shape index (κ3) is 4.89. The smallest absolute Gasteiger partial charge is 0.321 e. The van der Waals surface area contributed by atoms with Crippen LogP contribution in [0.15, 0.2) is 71.6 Å². The van der Waals surface area contributed by atoms with Crippen molar-refractivity contribution in [1.82, 2.24) is 0 Å². The van der Waals surface area contributed by atoms with E-state index in [4.69, 9.17) is 11.6 Å². The number of carbonyl (C=O) groups is 1. The molecule has 0 unspecified atom stereocenters. The van der Waals surface area contributed by atoms with Crippen LogP contribution in [0, 0.1) is 6.92 Å². The Labute approximate surface area is 202 Å². The summed E-state index contributed by atoms with van der Waals surface area (Å²) in [5.74, 6) is -0.475. The highest BCUT2D eigenvalue weighted by atomic mass is 35.5. The van der Waals surface area contributed by atoms with Gasteiger partial charge < -0.3 is 5.32 Å². The first-order valence-corrected chi connectivity index (χ1v) is 12.4. The van der Waals surface area contributed by atoms with E-state index in [9.17, 15) is 26.4 Å². The van der Waals surface area contributed by atoms with Gasteiger partial charge in [-0.05, 0) is 72.5 Å². The number of carbonyl (C=O) groups excluding carboxylic acids is 1. The highest BCUT2D eigenvalue weighted by molar-refractivity contribution is 7.92. The van der Waals surface area contributed by atoms with Crippen LogP contribution >= 0.6 is 22.9 Å². The molecule has 1 amide bonds. The molecule has 2 N–H and O–H groups in total. The van der Waals surface area contributed by atoms with Crippen LogP contribution in [0.4, 0.5) is 24.5 Å². The number of thiophene rings is 1. The predicted octanol–water partition coefficient (Wildman–Crippen LogP) is 6.94. The Morgan fingerprint density at radius 3 is 2.26 bits per heavy atom. The van der Waals surface area contributed by atoms with Crippen LogP contribution in [-0.2, 0) is 16.2 Å². The monoisotopic (exact) mass is 524 g/mol. The van der Waals surface area contributed by atoms with E-state index in [0.29, 0.717) is 21.3 Å². The van der Waals surface area contributed by atoms with Crippen LogP contribution in [0.2, 0.25) is 5.02 Å². The standard InChI is InChI=1S/C23H16ClF3N2O3S2/c1-13-17-12-14(23(25,26)27)6-11-19(17)33-21(13)22(30)28-15-7-9-16(10-8-15)29-34(31,32)20-5-3-2-4-18(20)24/h2-12,29H,1H3,(H,28,30). The molecule has 4 aromatic rings. The number of aryl methyl sites for hydroxylation is 1. The summed E-state index contributed by atoms with van der Waals surface area (Å²) in [6.07, 6.45) is -4.47. The molecule has 0 radical (unpaired) electrons. The summed E-state index contributed by atoms with van der Waals surface area (Å²) in [7, 11) is -3.91. The number of alkyl halides is 3. The van der Waals surface area contributed by atoms with Crippen molar-refractivity contribution in [3.63, 3.8) is 0 Å². The Balaban J connectivity index is 1.52. The number of hydrogen-bond donors (Lipinski definition) is 2. The second-order valence-corrected chi connectivity index (χ2v) is 10.4. The van der Waals surface area contributed by atoms with Crippen LogP contribution in [0.5, 0.6) is 0 Å². The lowest BCUT2D eigenvalue weighted by Crippen LogP contribution is -2.14. The fraction of sp³-hybridized carbons (Fsp3) is 0.0870. The van der Waals surface area contributed by atoms with Gasteiger partial charge in [0.15, 0.2) is 0 Å². The Bertz CT molecular complexity index is 1500. The lowest BCUT2D eigenvalue weighted by Gasteiger charge is -2.10. The average Bonchev–Trinajstić information content (AvgIpc) is 3.10. The van der Waals surface area contributed by atoms with Gasteiger partial charge in [0, 0.05) is 16.1 Å². The Kier molecular flexibility index (Phi) is 6.32. The van der Waals surface area contributed by atoms with Crippen molar-refractivity contribution in [1.29, 1.82) is 0 Å². The summed E-state index contributed by atoms with van der Waals surface area (Å²) in [5, 5.41) is 3.14. The van der Waals surface area contributed by atoms with Gasteiger partial charge in [-0.1, -0.05) is 23.7 Å². The van der Waals surface area contributed by atoms with E-state index >= 15 is 0 Å². The Morgan fingerprint density at radius 2 is 1.62 bits per heavy atom. The fourth-order valence-electron chi connectivity index (χ4n) is 3.30. The number of halogens is 4. The van der Waals surface area contributed by atoms with Crippen LogP contribution < -0.4 is 10.0 Å². The molecule has 1 aromatic heterocycles. The first-order valence-electron chi connectivity index (χ1n) is 9.75. The molecule has 11 heteroatoms. The van der Waals surface area contributed by atoms with E-state index in [1.807, 2.05) is 0 Å². The molecule has 1 heterocycles. The molecule has 0 saturated carbocycles. The van der Waals surface area contributed by atoms with Gasteiger partial charge in [0.1, 0.15) is 4.90 Å². The van der Waals surface area contributed by atoms with Crippen LogP contribution in [0.1, 0.15) is 20.8 Å². The topological polar surface area (TPSA) is 75.3 Å². The minimum atomic E-state index is -4.47. The van der Waals surface area contributed by atoms with Crippen molar-refractivity contribution < 1.29 is 26.4 Å². The summed E-state index contributed by atoms with van der Waals surface area (Å²) in [6.45, 7) is 1.60. The van der Waals surface area contributed by atoms with Gasteiger partial charge in [0.2, 0.25) is 0 Å². The second kappa shape index (κ2) is 8.94. The maximum atomic E-state index is 13.0. The van der Waals surface area contributed by atoms with E-state index in [2.05, 4.69) is 10.0 Å². The van der Waals surface area contributed by atoms with Crippen molar-refractivity contribution in [3.8, 4) is 0 Å². The Morgan fingerprint density at radius 1 is 0.971 bits per heavy atom. The van der Waals surface area contributed by atoms with Gasteiger partial charge in [-0.25, -0.2) is 8.42 Å². The van der Waals surface area contributed by atoms with Crippen LogP contribution in [0.25, 0.3) is 10.1 Å². The summed E-state index contributed by atoms with van der Waals surface area (Å²) in [4.78, 5) is 13.0. The van der Waals surface area contributed by atoms with E-state index in [-0.39, 0.29) is 20.5 Å². The molecule has 5 nitrogen and oxygen atoms in total. The molecule has 0 spiro atoms. The molecule has 0 aliphatic carbocycles. The quantitative estimate of drug-likeness (QED) is 0.297. The lowest BCUT2D eigenvalue weighted by atomic mass is 10.1. The zero-order valence-corrected chi connectivity index (χ0v) is 19.8. The molecule has 3 aromatic carbocycles. The number of fused-ring (bicyclic) bond motifs is 1. The third-order valence-corrected chi connectivity index (χ3v) is 8.14. The summed E-state index contributed by atoms with van der Waals surface area (Å²) in [6, 6.07) is 15.4. The molecular weight excluding hydrogens is 509 g/mol. The molecule has 0 aliphatic heterocycles. The largest absolute Gasteiger partial charge is 0.416 e. The molecule has 176 valence electrons. The number of nitrogens with one attached hydrogen (secondary N) is 2. The highest BCUT2D eigenvalue weighted by Crippen LogP contribution is 2.37. The van der Waals surface area contributed by atoms with Crippen molar-refractivity contribution in [2.24, 2.45) is 0 Å². The van der Waals surface area contributed by atoms with E-state index in [0.717, 1.165) is 23.5 Å². The Hall–Kier alpha value is -3.08. The molecule has 0 atom stereocenters. The number of hydrogen-bond acceptors (Lipinski definition) is 4. The lowest BCUT2D eigenvalue weighted by molar-refractivity contribution is -0.137. The molecule has 0 saturated heterocycles. The minimum absolute atomic E-state index is 0.0667. The van der Waals surface area contributed by atoms with Crippen molar-refractivity contribution in [2.45, 2.75) is 18.0 Å². The maximum absolute atomic E-state index is 13.0. The third-order valence-electron chi connectivity index (χ3n) is 4.99. The SMILES string of the molecule is Cc1c(C(=O)Nc2ccc(NS(=O)(=O)c3ccccc3Cl)cc2)sc2ccc(C(F)(F)F)cc12. The van der Waals surface area contributed by atoms with Gasteiger partial charge in [-0.2, -0.15) is 13.2 Å². The highest BCUT2D eigenvalue weighted by Gasteiger charge is 2.31. The first kappa shape index (κ1) is 24.1. The van der Waals surface area contributed by atoms with Crippen LogP contribution in [0.3, 0.4) is 0 Å². The number of sulfonamides is 1. The van der Waals surface area contributed by atoms with E-state index in [1.165, 1.54) is 42.5 Å². The number of amides is 1. The van der Waals surface area contributed by atoms with Gasteiger partial charge in [-0.3, -0.25) is 9.52 Å². The molecule has 0 bridgehead atoms. The zero-order valence-electron chi connectivity index (χ0n) is 17.4. The zero-order chi connectivity index (χ0) is 24.7. The first-order chi connectivity index (χ1) is 16.0. The maximum Gasteiger partial charge on any atom is 0.416 e. The molecule has 34 heavy (non-hydrogen) atoms. The van der Waals surface area contributed by atoms with Crippen LogP contribution in [-0.4, -0.2) is 14.3 Å². The summed E-state index contributed by atoms with van der Waals surface area (Å²) in [5.41, 5.74) is 0.324. The number of anilines is 2.